The van der Waals surface area contributed by atoms with Crippen LogP contribution < -0.4 is 10.2 Å². The number of hydrogen-bond acceptors (Lipinski definition) is 5. The molecule has 0 radical (unpaired) electrons. The molecule has 0 spiro atoms. The molecule has 3 aromatic rings. The summed E-state index contributed by atoms with van der Waals surface area (Å²) in [6, 6.07) is 16.0. The molecule has 7 heteroatoms. The molecule has 1 aliphatic heterocycles. The van der Waals surface area contributed by atoms with Gasteiger partial charge in [0.15, 0.2) is 0 Å². The number of aromatic nitrogens is 2. The number of nitrogens with one attached hydrogen (secondary N) is 1. The van der Waals surface area contributed by atoms with Gasteiger partial charge in [0.25, 0.3) is 5.91 Å². The number of amides is 1. The van der Waals surface area contributed by atoms with Crippen LogP contribution in [0.4, 0.5) is 16.0 Å². The van der Waals surface area contributed by atoms with Crippen molar-refractivity contribution in [1.82, 2.24) is 14.9 Å². The molecule has 2 aromatic carbocycles. The van der Waals surface area contributed by atoms with E-state index in [2.05, 4.69) is 20.2 Å². The van der Waals surface area contributed by atoms with Crippen molar-refractivity contribution in [2.24, 2.45) is 0 Å². The summed E-state index contributed by atoms with van der Waals surface area (Å²) < 4.78 is 13.0. The number of aryl methyl sites for hydroxylation is 1. The normalized spacial score (nSPS) is 13.9. The van der Waals surface area contributed by atoms with E-state index in [1.165, 1.54) is 18.5 Å². The number of anilines is 2. The number of benzene rings is 2. The number of hydrogen-bond donors (Lipinski definition) is 1. The van der Waals surface area contributed by atoms with Crippen molar-refractivity contribution in [3.63, 3.8) is 0 Å². The molecule has 0 bridgehead atoms. The third kappa shape index (κ3) is 4.74. The monoisotopic (exact) mass is 405 g/mol. The largest absolute Gasteiger partial charge is 0.366 e. The molecule has 6 nitrogen and oxygen atoms in total. The zero-order valence-corrected chi connectivity index (χ0v) is 16.9. The summed E-state index contributed by atoms with van der Waals surface area (Å²) in [7, 11) is 0. The zero-order chi connectivity index (χ0) is 20.9. The Bertz CT molecular complexity index is 999. The lowest BCUT2D eigenvalue weighted by Crippen LogP contribution is -2.49. The van der Waals surface area contributed by atoms with Crippen molar-refractivity contribution in [3.8, 4) is 0 Å². The molecule has 1 aliphatic rings. The molecule has 2 heterocycles. The van der Waals surface area contributed by atoms with Crippen LogP contribution in [0.15, 0.2) is 60.9 Å². The minimum Gasteiger partial charge on any atom is -0.366 e. The van der Waals surface area contributed by atoms with E-state index in [4.69, 9.17) is 0 Å². The highest BCUT2D eigenvalue weighted by Crippen LogP contribution is 2.18. The second-order valence-corrected chi connectivity index (χ2v) is 7.39. The van der Waals surface area contributed by atoms with Gasteiger partial charge in [-0.3, -0.25) is 4.79 Å². The maximum Gasteiger partial charge on any atom is 0.253 e. The van der Waals surface area contributed by atoms with Crippen LogP contribution in [0, 0.1) is 12.7 Å². The van der Waals surface area contributed by atoms with Crippen molar-refractivity contribution < 1.29 is 9.18 Å². The number of piperazine rings is 1. The fraction of sp³-hybridized carbons (Fsp3) is 0.261. The molecule has 1 aromatic heterocycles. The first-order chi connectivity index (χ1) is 14.6. The van der Waals surface area contributed by atoms with E-state index in [0.29, 0.717) is 38.5 Å². The maximum absolute atomic E-state index is 13.0. The van der Waals surface area contributed by atoms with Gasteiger partial charge in [0, 0.05) is 44.4 Å². The Morgan fingerprint density at radius 2 is 1.70 bits per heavy atom. The van der Waals surface area contributed by atoms with Crippen molar-refractivity contribution >= 4 is 17.5 Å². The average molecular weight is 405 g/mol. The third-order valence-electron chi connectivity index (χ3n) is 5.23. The highest BCUT2D eigenvalue weighted by molar-refractivity contribution is 5.94. The van der Waals surface area contributed by atoms with Crippen LogP contribution in [-0.4, -0.2) is 47.0 Å². The third-order valence-corrected chi connectivity index (χ3v) is 5.23. The van der Waals surface area contributed by atoms with Gasteiger partial charge in [0.05, 0.1) is 0 Å². The molecule has 154 valence electrons. The van der Waals surface area contributed by atoms with Gasteiger partial charge in [-0.15, -0.1) is 0 Å². The van der Waals surface area contributed by atoms with E-state index in [-0.39, 0.29) is 11.7 Å². The van der Waals surface area contributed by atoms with Gasteiger partial charge >= 0.3 is 0 Å². The van der Waals surface area contributed by atoms with Gasteiger partial charge in [-0.25, -0.2) is 14.4 Å². The van der Waals surface area contributed by atoms with E-state index >= 15 is 0 Å². The molecule has 0 aliphatic carbocycles. The maximum atomic E-state index is 13.0. The minimum absolute atomic E-state index is 0.0685. The zero-order valence-electron chi connectivity index (χ0n) is 16.9. The topological polar surface area (TPSA) is 61.4 Å². The summed E-state index contributed by atoms with van der Waals surface area (Å²) in [6.07, 6.45) is 1.53. The average Bonchev–Trinajstić information content (AvgIpc) is 2.79. The molecule has 1 N–H and O–H groups in total. The van der Waals surface area contributed by atoms with Crippen LogP contribution in [-0.2, 0) is 6.54 Å². The van der Waals surface area contributed by atoms with Gasteiger partial charge < -0.3 is 15.1 Å². The van der Waals surface area contributed by atoms with E-state index in [1.807, 2.05) is 42.2 Å². The Morgan fingerprint density at radius 3 is 2.40 bits per heavy atom. The van der Waals surface area contributed by atoms with Crippen LogP contribution in [0.1, 0.15) is 21.5 Å². The lowest BCUT2D eigenvalue weighted by atomic mass is 10.1. The van der Waals surface area contributed by atoms with Crippen LogP contribution in [0.3, 0.4) is 0 Å². The van der Waals surface area contributed by atoms with E-state index < -0.39 is 0 Å². The number of rotatable bonds is 5. The van der Waals surface area contributed by atoms with E-state index in [0.717, 1.165) is 22.5 Å². The van der Waals surface area contributed by atoms with Gasteiger partial charge in [-0.2, -0.15) is 0 Å². The lowest BCUT2D eigenvalue weighted by molar-refractivity contribution is 0.0746. The van der Waals surface area contributed by atoms with Crippen LogP contribution in [0.2, 0.25) is 0 Å². The van der Waals surface area contributed by atoms with Gasteiger partial charge in [-0.05, 0) is 36.8 Å². The van der Waals surface area contributed by atoms with Crippen molar-refractivity contribution in [3.05, 3.63) is 83.4 Å². The standard InChI is InChI=1S/C23H24FN5O/c1-17-2-6-19(7-3-17)23(30)29-12-10-28(11-13-29)22-14-21(26-16-27-22)25-15-18-4-8-20(24)9-5-18/h2-9,14,16H,10-13,15H2,1H3,(H,25,26,27). The summed E-state index contributed by atoms with van der Waals surface area (Å²) in [5.41, 5.74) is 2.84. The summed E-state index contributed by atoms with van der Waals surface area (Å²) in [5, 5.41) is 3.25. The SMILES string of the molecule is Cc1ccc(C(=O)N2CCN(c3cc(NCc4ccc(F)cc4)ncn3)CC2)cc1. The first-order valence-electron chi connectivity index (χ1n) is 10.00. The minimum atomic E-state index is -0.247. The highest BCUT2D eigenvalue weighted by atomic mass is 19.1. The number of nitrogens with zero attached hydrogens (tertiary/aromatic N) is 4. The summed E-state index contributed by atoms with van der Waals surface area (Å²) >= 11 is 0. The van der Waals surface area contributed by atoms with Crippen LogP contribution >= 0.6 is 0 Å². The Labute approximate surface area is 175 Å². The smallest absolute Gasteiger partial charge is 0.253 e. The van der Waals surface area contributed by atoms with Crippen LogP contribution in [0.5, 0.6) is 0 Å². The lowest BCUT2D eigenvalue weighted by Gasteiger charge is -2.35. The second kappa shape index (κ2) is 8.90. The molecular formula is C23H24FN5O. The first kappa shape index (κ1) is 19.8. The number of carbonyl (C=O) groups is 1. The Morgan fingerprint density at radius 1 is 1.00 bits per heavy atom. The fourth-order valence-electron chi connectivity index (χ4n) is 3.43. The quantitative estimate of drug-likeness (QED) is 0.704. The van der Waals surface area contributed by atoms with Gasteiger partial charge in [0.1, 0.15) is 23.8 Å². The molecular weight excluding hydrogens is 381 g/mol. The molecule has 30 heavy (non-hydrogen) atoms. The summed E-state index contributed by atoms with van der Waals surface area (Å²) in [5.74, 6) is 1.36. The Kier molecular flexibility index (Phi) is 5.88. The number of halogens is 1. The molecule has 0 unspecified atom stereocenters. The van der Waals surface area contributed by atoms with E-state index in [1.54, 1.807) is 12.1 Å². The van der Waals surface area contributed by atoms with Gasteiger partial charge in [-0.1, -0.05) is 29.8 Å². The number of carbonyl (C=O) groups excluding carboxylic acids is 1. The second-order valence-electron chi connectivity index (χ2n) is 7.39. The molecule has 1 fully saturated rings. The Hall–Kier alpha value is -3.48. The van der Waals surface area contributed by atoms with Crippen molar-refractivity contribution in [2.75, 3.05) is 36.4 Å². The highest BCUT2D eigenvalue weighted by Gasteiger charge is 2.23. The fourth-order valence-corrected chi connectivity index (χ4v) is 3.43. The van der Waals surface area contributed by atoms with Crippen molar-refractivity contribution in [1.29, 1.82) is 0 Å². The molecule has 1 amide bonds. The van der Waals surface area contributed by atoms with Crippen molar-refractivity contribution in [2.45, 2.75) is 13.5 Å². The Balaban J connectivity index is 1.34. The molecule has 0 saturated carbocycles. The molecule has 0 atom stereocenters. The first-order valence-corrected chi connectivity index (χ1v) is 10.00. The summed E-state index contributed by atoms with van der Waals surface area (Å²) in [4.78, 5) is 25.4. The predicted molar refractivity (Wildman–Crippen MR) is 115 cm³/mol. The van der Waals surface area contributed by atoms with E-state index in [9.17, 15) is 9.18 Å². The van der Waals surface area contributed by atoms with Gasteiger partial charge in [0.2, 0.25) is 0 Å². The van der Waals surface area contributed by atoms with Crippen LogP contribution in [0.25, 0.3) is 0 Å². The molecule has 4 rings (SSSR count). The molecule has 1 saturated heterocycles. The summed E-state index contributed by atoms with van der Waals surface area (Å²) in [6.45, 7) is 5.29. The predicted octanol–water partition coefficient (Wildman–Crippen LogP) is 3.50.